The van der Waals surface area contributed by atoms with Crippen molar-refractivity contribution in [2.45, 2.75) is 32.4 Å². The standard InChI is InChI=1S/C29H34N2O4/c1-21-9-8-12-25(19-21)31(29(32)22-10-6-5-7-11-22)24-15-17-30(18-16-24)20-23-13-14-26(33-2)28(35-4)27(23)34-3/h5-14,19,24H,15-18,20H2,1-4H3. The zero-order chi connectivity index (χ0) is 24.8. The Labute approximate surface area is 208 Å². The molecule has 0 N–H and O–H groups in total. The summed E-state index contributed by atoms with van der Waals surface area (Å²) in [4.78, 5) is 18.0. The molecule has 0 spiro atoms. The number of anilines is 1. The second-order valence-corrected chi connectivity index (χ2v) is 8.88. The fourth-order valence-corrected chi connectivity index (χ4v) is 4.86. The molecule has 0 unspecified atom stereocenters. The van der Waals surface area contributed by atoms with Gasteiger partial charge in [0.1, 0.15) is 0 Å². The predicted molar refractivity (Wildman–Crippen MR) is 139 cm³/mol. The fraction of sp³-hybridized carbons (Fsp3) is 0.345. The van der Waals surface area contributed by atoms with Crippen LogP contribution in [-0.4, -0.2) is 51.3 Å². The van der Waals surface area contributed by atoms with E-state index in [4.69, 9.17) is 14.2 Å². The number of carbonyl (C=O) groups excluding carboxylic acids is 1. The predicted octanol–water partition coefficient (Wildman–Crippen LogP) is 5.33. The van der Waals surface area contributed by atoms with Crippen LogP contribution in [-0.2, 0) is 6.54 Å². The Kier molecular flexibility index (Phi) is 7.93. The molecular formula is C29H34N2O4. The minimum atomic E-state index is 0.0520. The number of piperidine rings is 1. The molecule has 1 aliphatic heterocycles. The molecule has 6 heteroatoms. The number of rotatable bonds is 8. The first-order valence-corrected chi connectivity index (χ1v) is 12.0. The van der Waals surface area contributed by atoms with Crippen molar-refractivity contribution in [3.8, 4) is 17.2 Å². The molecule has 1 amide bonds. The summed E-state index contributed by atoms with van der Waals surface area (Å²) in [6.07, 6.45) is 1.78. The molecule has 1 fully saturated rings. The Hall–Kier alpha value is -3.51. The highest BCUT2D eigenvalue weighted by Crippen LogP contribution is 2.40. The van der Waals surface area contributed by atoms with E-state index in [1.165, 1.54) is 0 Å². The third-order valence-corrected chi connectivity index (χ3v) is 6.62. The second kappa shape index (κ2) is 11.3. The first-order valence-electron chi connectivity index (χ1n) is 12.0. The minimum absolute atomic E-state index is 0.0520. The topological polar surface area (TPSA) is 51.2 Å². The summed E-state index contributed by atoms with van der Waals surface area (Å²) in [5, 5.41) is 0. The van der Waals surface area contributed by atoms with Crippen LogP contribution >= 0.6 is 0 Å². The highest BCUT2D eigenvalue weighted by atomic mass is 16.5. The van der Waals surface area contributed by atoms with E-state index in [1.807, 2.05) is 59.5 Å². The monoisotopic (exact) mass is 474 g/mol. The lowest BCUT2D eigenvalue weighted by Crippen LogP contribution is -2.47. The normalized spacial score (nSPS) is 14.4. The third kappa shape index (κ3) is 5.43. The maximum atomic E-state index is 13.6. The molecule has 3 aromatic carbocycles. The molecule has 0 atom stereocenters. The van der Waals surface area contributed by atoms with Gasteiger partial charge in [0.05, 0.1) is 21.3 Å². The molecule has 1 aliphatic rings. The van der Waals surface area contributed by atoms with Crippen LogP contribution in [0.15, 0.2) is 66.7 Å². The van der Waals surface area contributed by atoms with E-state index in [0.29, 0.717) is 22.8 Å². The maximum absolute atomic E-state index is 13.6. The smallest absolute Gasteiger partial charge is 0.258 e. The van der Waals surface area contributed by atoms with Crippen molar-refractivity contribution < 1.29 is 19.0 Å². The van der Waals surface area contributed by atoms with E-state index in [1.54, 1.807) is 21.3 Å². The van der Waals surface area contributed by atoms with Gasteiger partial charge in [-0.3, -0.25) is 9.69 Å². The molecular weight excluding hydrogens is 440 g/mol. The Bertz CT molecular complexity index is 1140. The lowest BCUT2D eigenvalue weighted by molar-refractivity contribution is 0.0958. The molecule has 184 valence electrons. The highest BCUT2D eigenvalue weighted by molar-refractivity contribution is 6.06. The minimum Gasteiger partial charge on any atom is -0.493 e. The van der Waals surface area contributed by atoms with Gasteiger partial charge >= 0.3 is 0 Å². The fourth-order valence-electron chi connectivity index (χ4n) is 4.86. The molecule has 3 aromatic rings. The zero-order valence-electron chi connectivity index (χ0n) is 21.0. The van der Waals surface area contributed by atoms with Gasteiger partial charge in [-0.15, -0.1) is 0 Å². The van der Waals surface area contributed by atoms with E-state index in [2.05, 4.69) is 24.0 Å². The largest absolute Gasteiger partial charge is 0.493 e. The quantitative estimate of drug-likeness (QED) is 0.442. The van der Waals surface area contributed by atoms with Gasteiger partial charge in [-0.05, 0) is 55.7 Å². The summed E-state index contributed by atoms with van der Waals surface area (Å²) < 4.78 is 16.6. The number of nitrogens with zero attached hydrogens (tertiary/aromatic N) is 2. The molecule has 0 aliphatic carbocycles. The van der Waals surface area contributed by atoms with Gasteiger partial charge in [-0.2, -0.15) is 0 Å². The number of likely N-dealkylation sites (tertiary alicyclic amines) is 1. The lowest BCUT2D eigenvalue weighted by Gasteiger charge is -2.39. The Morgan fingerprint density at radius 3 is 2.23 bits per heavy atom. The molecule has 6 nitrogen and oxygen atoms in total. The summed E-state index contributed by atoms with van der Waals surface area (Å²) in [5.41, 5.74) is 3.87. The summed E-state index contributed by atoms with van der Waals surface area (Å²) in [5.74, 6) is 2.02. The number of carbonyl (C=O) groups is 1. The Balaban J connectivity index is 1.52. The van der Waals surface area contributed by atoms with E-state index < -0.39 is 0 Å². The first kappa shape index (κ1) is 24.6. The van der Waals surface area contributed by atoms with Gasteiger partial charge in [-0.1, -0.05) is 36.4 Å². The first-order chi connectivity index (χ1) is 17.0. The van der Waals surface area contributed by atoms with Crippen molar-refractivity contribution in [1.29, 1.82) is 0 Å². The van der Waals surface area contributed by atoms with Crippen molar-refractivity contribution >= 4 is 11.6 Å². The van der Waals surface area contributed by atoms with Gasteiger partial charge in [-0.25, -0.2) is 0 Å². The summed E-state index contributed by atoms with van der Waals surface area (Å²) in [7, 11) is 4.90. The number of aryl methyl sites for hydroxylation is 1. The van der Waals surface area contributed by atoms with Crippen LogP contribution in [0, 0.1) is 6.92 Å². The third-order valence-electron chi connectivity index (χ3n) is 6.62. The van der Waals surface area contributed by atoms with Crippen molar-refractivity contribution in [3.63, 3.8) is 0 Å². The highest BCUT2D eigenvalue weighted by Gasteiger charge is 2.30. The number of hydrogen-bond acceptors (Lipinski definition) is 5. The summed E-state index contributed by atoms with van der Waals surface area (Å²) in [6.45, 7) is 4.57. The van der Waals surface area contributed by atoms with Crippen molar-refractivity contribution in [2.75, 3.05) is 39.3 Å². The van der Waals surface area contributed by atoms with Crippen LogP contribution in [0.25, 0.3) is 0 Å². The van der Waals surface area contributed by atoms with Gasteiger partial charge in [0.25, 0.3) is 5.91 Å². The average molecular weight is 475 g/mol. The SMILES string of the molecule is COc1ccc(CN2CCC(N(C(=O)c3ccccc3)c3cccc(C)c3)CC2)c(OC)c1OC. The molecule has 1 saturated heterocycles. The molecule has 35 heavy (non-hydrogen) atoms. The van der Waals surface area contributed by atoms with E-state index in [9.17, 15) is 4.79 Å². The second-order valence-electron chi connectivity index (χ2n) is 8.88. The number of benzene rings is 3. The molecule has 1 heterocycles. The van der Waals surface area contributed by atoms with E-state index in [-0.39, 0.29) is 11.9 Å². The Morgan fingerprint density at radius 1 is 0.886 bits per heavy atom. The maximum Gasteiger partial charge on any atom is 0.258 e. The van der Waals surface area contributed by atoms with Crippen LogP contribution in [0.5, 0.6) is 17.2 Å². The molecule has 0 radical (unpaired) electrons. The lowest BCUT2D eigenvalue weighted by atomic mass is 9.99. The number of ether oxygens (including phenoxy) is 3. The van der Waals surface area contributed by atoms with Gasteiger partial charge in [0.2, 0.25) is 5.75 Å². The molecule has 0 aromatic heterocycles. The summed E-state index contributed by atoms with van der Waals surface area (Å²) in [6, 6.07) is 21.9. The Morgan fingerprint density at radius 2 is 1.60 bits per heavy atom. The summed E-state index contributed by atoms with van der Waals surface area (Å²) >= 11 is 0. The van der Waals surface area contributed by atoms with Crippen LogP contribution in [0.3, 0.4) is 0 Å². The van der Waals surface area contributed by atoms with Crippen LogP contribution in [0.1, 0.15) is 34.3 Å². The van der Waals surface area contributed by atoms with Crippen molar-refractivity contribution in [3.05, 3.63) is 83.4 Å². The number of hydrogen-bond donors (Lipinski definition) is 0. The van der Waals surface area contributed by atoms with Crippen LogP contribution in [0.4, 0.5) is 5.69 Å². The van der Waals surface area contributed by atoms with E-state index >= 15 is 0 Å². The zero-order valence-corrected chi connectivity index (χ0v) is 21.0. The van der Waals surface area contributed by atoms with Crippen molar-refractivity contribution in [1.82, 2.24) is 4.90 Å². The number of methoxy groups -OCH3 is 3. The van der Waals surface area contributed by atoms with Crippen LogP contribution in [0.2, 0.25) is 0 Å². The van der Waals surface area contributed by atoms with E-state index in [0.717, 1.165) is 49.3 Å². The van der Waals surface area contributed by atoms with Gasteiger partial charge in [0, 0.05) is 42.5 Å². The van der Waals surface area contributed by atoms with Gasteiger partial charge < -0.3 is 19.1 Å². The molecule has 0 saturated carbocycles. The molecule has 4 rings (SSSR count). The van der Waals surface area contributed by atoms with Crippen LogP contribution < -0.4 is 19.1 Å². The van der Waals surface area contributed by atoms with Gasteiger partial charge in [0.15, 0.2) is 11.5 Å². The molecule has 0 bridgehead atoms. The average Bonchev–Trinajstić information content (AvgIpc) is 2.90. The van der Waals surface area contributed by atoms with Crippen molar-refractivity contribution in [2.24, 2.45) is 0 Å². The number of amides is 1.